The number of nitrogens with one attached hydrogen (secondary N) is 1. The summed E-state index contributed by atoms with van der Waals surface area (Å²) in [6.07, 6.45) is 1.62. The Labute approximate surface area is 132 Å². The Morgan fingerprint density at radius 2 is 1.68 bits per heavy atom. The Morgan fingerprint density at radius 3 is 2.36 bits per heavy atom. The molecule has 1 heterocycles. The van der Waals surface area contributed by atoms with E-state index in [1.54, 1.807) is 0 Å². The maximum Gasteiger partial charge on any atom is 0.155 e. The molecule has 1 saturated heterocycles. The van der Waals surface area contributed by atoms with Gasteiger partial charge >= 0.3 is 0 Å². The maximum absolute atomic E-state index is 14.4. The molecule has 22 heavy (non-hydrogen) atoms. The molecule has 2 aromatic carbocycles. The summed E-state index contributed by atoms with van der Waals surface area (Å²) in [5.74, 6) is 0. The zero-order valence-corrected chi connectivity index (χ0v) is 12.8. The van der Waals surface area contributed by atoms with E-state index in [1.165, 1.54) is 5.56 Å². The molecule has 2 nitrogen and oxygen atoms in total. The van der Waals surface area contributed by atoms with Gasteiger partial charge in [0.25, 0.3) is 0 Å². The molecule has 116 valence electrons. The average Bonchev–Trinajstić information content (AvgIpc) is 2.56. The highest BCUT2D eigenvalue weighted by atomic mass is 19.1. The van der Waals surface area contributed by atoms with Gasteiger partial charge in [0, 0.05) is 31.2 Å². The Balaban J connectivity index is 1.48. The zero-order valence-electron chi connectivity index (χ0n) is 12.8. The van der Waals surface area contributed by atoms with Crippen LogP contribution in [0.3, 0.4) is 0 Å². The molecule has 2 unspecified atom stereocenters. The summed E-state index contributed by atoms with van der Waals surface area (Å²) >= 11 is 0. The second-order valence-corrected chi connectivity index (χ2v) is 5.94. The van der Waals surface area contributed by atoms with Gasteiger partial charge in [0.2, 0.25) is 0 Å². The van der Waals surface area contributed by atoms with Crippen molar-refractivity contribution in [3.8, 4) is 0 Å². The van der Waals surface area contributed by atoms with E-state index < -0.39 is 6.30 Å². The molecular weight excluding hydrogens is 275 g/mol. The quantitative estimate of drug-likeness (QED) is 0.836. The molecule has 0 amide bonds. The zero-order chi connectivity index (χ0) is 15.2. The minimum atomic E-state index is -0.848. The number of alkyl halides is 1. The molecule has 0 saturated carbocycles. The van der Waals surface area contributed by atoms with E-state index in [2.05, 4.69) is 17.4 Å². The molecule has 1 fully saturated rings. The van der Waals surface area contributed by atoms with Gasteiger partial charge in [-0.1, -0.05) is 48.5 Å². The minimum absolute atomic E-state index is 0.227. The number of likely N-dealkylation sites (tertiary alicyclic amines) is 1. The molecule has 3 heteroatoms. The normalized spacial score (nSPS) is 22.4. The van der Waals surface area contributed by atoms with Crippen LogP contribution in [0.4, 0.5) is 10.1 Å². The summed E-state index contributed by atoms with van der Waals surface area (Å²) in [6, 6.07) is 20.6. The van der Waals surface area contributed by atoms with Gasteiger partial charge in [0.1, 0.15) is 0 Å². The number of hydrogen-bond acceptors (Lipinski definition) is 2. The van der Waals surface area contributed by atoms with Crippen LogP contribution in [0, 0.1) is 0 Å². The van der Waals surface area contributed by atoms with Crippen LogP contribution in [0.1, 0.15) is 18.4 Å². The van der Waals surface area contributed by atoms with Gasteiger partial charge in [-0.15, -0.1) is 0 Å². The lowest BCUT2D eigenvalue weighted by molar-refractivity contribution is 0.0426. The Morgan fingerprint density at radius 1 is 1.00 bits per heavy atom. The number of rotatable bonds is 5. The van der Waals surface area contributed by atoms with E-state index in [0.717, 1.165) is 31.6 Å². The maximum atomic E-state index is 14.4. The van der Waals surface area contributed by atoms with Crippen LogP contribution >= 0.6 is 0 Å². The summed E-state index contributed by atoms with van der Waals surface area (Å²) in [5.41, 5.74) is 2.36. The molecule has 3 rings (SSSR count). The summed E-state index contributed by atoms with van der Waals surface area (Å²) in [4.78, 5) is 1.97. The van der Waals surface area contributed by atoms with Crippen LogP contribution < -0.4 is 5.32 Å². The fourth-order valence-corrected chi connectivity index (χ4v) is 3.03. The van der Waals surface area contributed by atoms with Gasteiger partial charge in [0.05, 0.1) is 0 Å². The molecule has 2 atom stereocenters. The Hall–Kier alpha value is -1.87. The summed E-state index contributed by atoms with van der Waals surface area (Å²) < 4.78 is 14.4. The first-order chi connectivity index (χ1) is 10.8. The smallest absolute Gasteiger partial charge is 0.155 e. The number of anilines is 1. The number of nitrogens with zero attached hydrogens (tertiary/aromatic N) is 1. The molecule has 2 aromatic rings. The van der Waals surface area contributed by atoms with Crippen LogP contribution in [-0.2, 0) is 6.42 Å². The summed E-state index contributed by atoms with van der Waals surface area (Å²) in [6.45, 7) is 1.61. The van der Waals surface area contributed by atoms with Crippen LogP contribution in [0.5, 0.6) is 0 Å². The van der Waals surface area contributed by atoms with Gasteiger partial charge in [-0.3, -0.25) is 4.90 Å². The van der Waals surface area contributed by atoms with Gasteiger partial charge in [-0.25, -0.2) is 4.39 Å². The lowest BCUT2D eigenvalue weighted by Gasteiger charge is -2.35. The van der Waals surface area contributed by atoms with Gasteiger partial charge in [-0.2, -0.15) is 0 Å². The van der Waals surface area contributed by atoms with Crippen molar-refractivity contribution in [3.63, 3.8) is 0 Å². The molecule has 1 aliphatic rings. The van der Waals surface area contributed by atoms with Gasteiger partial charge in [0.15, 0.2) is 6.30 Å². The largest absolute Gasteiger partial charge is 0.382 e. The third kappa shape index (κ3) is 4.08. The third-order valence-electron chi connectivity index (χ3n) is 4.32. The van der Waals surface area contributed by atoms with Crippen molar-refractivity contribution in [1.29, 1.82) is 0 Å². The van der Waals surface area contributed by atoms with Crippen molar-refractivity contribution >= 4 is 5.69 Å². The number of hydrogen-bond donors (Lipinski definition) is 1. The van der Waals surface area contributed by atoms with Crippen molar-refractivity contribution in [1.82, 2.24) is 4.90 Å². The predicted molar refractivity (Wildman–Crippen MR) is 89.7 cm³/mol. The molecule has 0 spiro atoms. The summed E-state index contributed by atoms with van der Waals surface area (Å²) in [5, 5.41) is 3.44. The van der Waals surface area contributed by atoms with Crippen LogP contribution in [-0.4, -0.2) is 30.3 Å². The van der Waals surface area contributed by atoms with Crippen LogP contribution in [0.15, 0.2) is 60.7 Å². The molecule has 0 aliphatic carbocycles. The van der Waals surface area contributed by atoms with Crippen molar-refractivity contribution < 1.29 is 4.39 Å². The molecule has 0 aromatic heterocycles. The Bertz CT molecular complexity index is 558. The fraction of sp³-hybridized carbons (Fsp3) is 0.368. The number of benzene rings is 2. The van der Waals surface area contributed by atoms with Gasteiger partial charge < -0.3 is 5.32 Å². The monoisotopic (exact) mass is 298 g/mol. The van der Waals surface area contributed by atoms with Crippen LogP contribution in [0.25, 0.3) is 0 Å². The molecule has 1 aliphatic heterocycles. The number of halogens is 1. The number of para-hydroxylation sites is 1. The van der Waals surface area contributed by atoms with Crippen molar-refractivity contribution in [2.45, 2.75) is 31.6 Å². The lowest BCUT2D eigenvalue weighted by atomic mass is 10.0. The SMILES string of the molecule is FC1CC(Nc2ccccc2)CCN1CCc1ccccc1. The molecule has 1 N–H and O–H groups in total. The molecule has 0 bridgehead atoms. The topological polar surface area (TPSA) is 15.3 Å². The first-order valence-electron chi connectivity index (χ1n) is 8.05. The molecular formula is C19H23FN2. The van der Waals surface area contributed by atoms with E-state index in [0.29, 0.717) is 6.42 Å². The molecule has 0 radical (unpaired) electrons. The van der Waals surface area contributed by atoms with Crippen molar-refractivity contribution in [2.24, 2.45) is 0 Å². The van der Waals surface area contributed by atoms with E-state index in [1.807, 2.05) is 53.4 Å². The average molecular weight is 298 g/mol. The van der Waals surface area contributed by atoms with Crippen molar-refractivity contribution in [2.75, 3.05) is 18.4 Å². The highest BCUT2D eigenvalue weighted by molar-refractivity contribution is 5.43. The van der Waals surface area contributed by atoms with Gasteiger partial charge in [-0.05, 0) is 30.5 Å². The van der Waals surface area contributed by atoms with E-state index in [9.17, 15) is 4.39 Å². The summed E-state index contributed by atoms with van der Waals surface area (Å²) in [7, 11) is 0. The highest BCUT2D eigenvalue weighted by Gasteiger charge is 2.27. The second kappa shape index (κ2) is 7.41. The van der Waals surface area contributed by atoms with Crippen LogP contribution in [0.2, 0.25) is 0 Å². The van der Waals surface area contributed by atoms with Crippen molar-refractivity contribution in [3.05, 3.63) is 66.2 Å². The first-order valence-corrected chi connectivity index (χ1v) is 8.05. The minimum Gasteiger partial charge on any atom is -0.382 e. The Kier molecular flexibility index (Phi) is 5.07. The predicted octanol–water partition coefficient (Wildman–Crippen LogP) is 4.10. The number of piperidine rings is 1. The second-order valence-electron chi connectivity index (χ2n) is 5.94. The highest BCUT2D eigenvalue weighted by Crippen LogP contribution is 2.22. The first kappa shape index (κ1) is 15.0. The van der Waals surface area contributed by atoms with E-state index >= 15 is 0 Å². The van der Waals surface area contributed by atoms with E-state index in [-0.39, 0.29) is 6.04 Å². The lowest BCUT2D eigenvalue weighted by Crippen LogP contribution is -2.45. The fourth-order valence-electron chi connectivity index (χ4n) is 3.03. The van der Waals surface area contributed by atoms with E-state index in [4.69, 9.17) is 0 Å². The standard InChI is InChI=1S/C19H23FN2/c20-19-15-18(21-17-9-5-2-6-10-17)12-14-22(19)13-11-16-7-3-1-4-8-16/h1-10,18-19,21H,11-15H2. The third-order valence-corrected chi connectivity index (χ3v) is 4.32.